The Morgan fingerprint density at radius 2 is 1.88 bits per heavy atom. The SMILES string of the molecule is COc1cccc(N2CC[NH+](CC(=O)Nc3ccc(C)c(C)c3)CC2)c1. The van der Waals surface area contributed by atoms with Crippen molar-refractivity contribution in [3.05, 3.63) is 53.6 Å². The standard InChI is InChI=1S/C21H27N3O2/c1-16-7-8-18(13-17(16)2)22-21(25)15-23-9-11-24(12-10-23)19-5-4-6-20(14-19)26-3/h4-8,13-14H,9-12,15H2,1-3H3,(H,22,25)/p+1. The van der Waals surface area contributed by atoms with E-state index in [0.29, 0.717) is 6.54 Å². The highest BCUT2D eigenvalue weighted by molar-refractivity contribution is 5.91. The molecule has 1 heterocycles. The summed E-state index contributed by atoms with van der Waals surface area (Å²) in [5.41, 5.74) is 4.50. The summed E-state index contributed by atoms with van der Waals surface area (Å²) in [7, 11) is 1.69. The largest absolute Gasteiger partial charge is 0.497 e. The summed E-state index contributed by atoms with van der Waals surface area (Å²) in [4.78, 5) is 16.0. The monoisotopic (exact) mass is 354 g/mol. The summed E-state index contributed by atoms with van der Waals surface area (Å²) in [5.74, 6) is 0.961. The number of aryl methyl sites for hydroxylation is 2. The number of ether oxygens (including phenoxy) is 1. The van der Waals surface area contributed by atoms with Gasteiger partial charge in [0.2, 0.25) is 0 Å². The molecule has 3 rings (SSSR count). The van der Waals surface area contributed by atoms with Gasteiger partial charge in [-0.3, -0.25) is 4.79 Å². The Morgan fingerprint density at radius 3 is 2.58 bits per heavy atom. The second-order valence-corrected chi connectivity index (χ2v) is 6.96. The summed E-state index contributed by atoms with van der Waals surface area (Å²) in [6, 6.07) is 14.2. The smallest absolute Gasteiger partial charge is 0.279 e. The van der Waals surface area contributed by atoms with Gasteiger partial charge in [0.05, 0.1) is 33.3 Å². The van der Waals surface area contributed by atoms with E-state index in [0.717, 1.165) is 37.6 Å². The van der Waals surface area contributed by atoms with Crippen LogP contribution < -0.4 is 19.9 Å². The lowest BCUT2D eigenvalue weighted by Crippen LogP contribution is -3.15. The molecule has 138 valence electrons. The van der Waals surface area contributed by atoms with Crippen LogP contribution in [0.3, 0.4) is 0 Å². The first-order valence-corrected chi connectivity index (χ1v) is 9.15. The quantitative estimate of drug-likeness (QED) is 0.858. The highest BCUT2D eigenvalue weighted by Crippen LogP contribution is 2.20. The predicted octanol–water partition coefficient (Wildman–Crippen LogP) is 1.66. The Bertz CT molecular complexity index is 768. The van der Waals surface area contributed by atoms with Gasteiger partial charge in [0.15, 0.2) is 6.54 Å². The number of rotatable bonds is 5. The Morgan fingerprint density at radius 1 is 1.12 bits per heavy atom. The number of carbonyl (C=O) groups is 1. The minimum Gasteiger partial charge on any atom is -0.497 e. The molecule has 1 amide bonds. The van der Waals surface area contributed by atoms with Crippen molar-refractivity contribution in [2.45, 2.75) is 13.8 Å². The molecule has 0 spiro atoms. The van der Waals surface area contributed by atoms with Crippen molar-refractivity contribution in [1.82, 2.24) is 0 Å². The molecular formula is C21H28N3O2+. The van der Waals surface area contributed by atoms with Crippen LogP contribution in [0.2, 0.25) is 0 Å². The first kappa shape index (κ1) is 18.3. The van der Waals surface area contributed by atoms with Crippen molar-refractivity contribution in [3.63, 3.8) is 0 Å². The zero-order chi connectivity index (χ0) is 18.5. The van der Waals surface area contributed by atoms with E-state index < -0.39 is 0 Å². The minimum atomic E-state index is 0.0816. The van der Waals surface area contributed by atoms with Crippen LogP contribution in [0.15, 0.2) is 42.5 Å². The van der Waals surface area contributed by atoms with E-state index in [-0.39, 0.29) is 5.91 Å². The van der Waals surface area contributed by atoms with Gasteiger partial charge < -0.3 is 19.9 Å². The Balaban J connectivity index is 1.50. The molecule has 1 aliphatic heterocycles. The first-order valence-electron chi connectivity index (χ1n) is 9.15. The van der Waals surface area contributed by atoms with Crippen LogP contribution in [0.5, 0.6) is 5.75 Å². The van der Waals surface area contributed by atoms with Gasteiger partial charge in [-0.25, -0.2) is 0 Å². The topological polar surface area (TPSA) is 46.0 Å². The molecule has 1 fully saturated rings. The molecule has 2 aromatic carbocycles. The van der Waals surface area contributed by atoms with Crippen LogP contribution in [-0.4, -0.2) is 45.7 Å². The highest BCUT2D eigenvalue weighted by Gasteiger charge is 2.22. The van der Waals surface area contributed by atoms with Gasteiger partial charge in [0, 0.05) is 17.4 Å². The van der Waals surface area contributed by atoms with E-state index in [1.807, 2.05) is 30.3 Å². The fraction of sp³-hybridized carbons (Fsp3) is 0.381. The van der Waals surface area contributed by atoms with Crippen molar-refractivity contribution in [2.75, 3.05) is 50.1 Å². The molecule has 0 aromatic heterocycles. The van der Waals surface area contributed by atoms with Gasteiger partial charge in [0.25, 0.3) is 5.91 Å². The number of benzene rings is 2. The third kappa shape index (κ3) is 4.55. The van der Waals surface area contributed by atoms with Crippen molar-refractivity contribution in [2.24, 2.45) is 0 Å². The number of carbonyl (C=O) groups excluding carboxylic acids is 1. The molecular weight excluding hydrogens is 326 g/mol. The van der Waals surface area contributed by atoms with Crippen LogP contribution in [-0.2, 0) is 4.79 Å². The highest BCUT2D eigenvalue weighted by atomic mass is 16.5. The fourth-order valence-electron chi connectivity index (χ4n) is 3.32. The van der Waals surface area contributed by atoms with Crippen LogP contribution in [0.25, 0.3) is 0 Å². The van der Waals surface area contributed by atoms with Gasteiger partial charge in [-0.05, 0) is 49.2 Å². The van der Waals surface area contributed by atoms with Crippen LogP contribution in [0, 0.1) is 13.8 Å². The van der Waals surface area contributed by atoms with E-state index in [1.165, 1.54) is 21.7 Å². The van der Waals surface area contributed by atoms with E-state index in [4.69, 9.17) is 4.74 Å². The molecule has 1 saturated heterocycles. The summed E-state index contributed by atoms with van der Waals surface area (Å²) < 4.78 is 5.31. The average molecular weight is 354 g/mol. The van der Waals surface area contributed by atoms with Crippen LogP contribution in [0.1, 0.15) is 11.1 Å². The van der Waals surface area contributed by atoms with Crippen molar-refractivity contribution in [3.8, 4) is 5.75 Å². The number of piperazine rings is 1. The van der Waals surface area contributed by atoms with Crippen LogP contribution >= 0.6 is 0 Å². The number of nitrogens with zero attached hydrogens (tertiary/aromatic N) is 1. The molecule has 0 aliphatic carbocycles. The second-order valence-electron chi connectivity index (χ2n) is 6.96. The second kappa shape index (κ2) is 8.23. The Labute approximate surface area is 155 Å². The maximum atomic E-state index is 12.3. The zero-order valence-electron chi connectivity index (χ0n) is 15.8. The molecule has 0 bridgehead atoms. The van der Waals surface area contributed by atoms with Crippen molar-refractivity contribution >= 4 is 17.3 Å². The van der Waals surface area contributed by atoms with Crippen molar-refractivity contribution in [1.29, 1.82) is 0 Å². The molecule has 5 nitrogen and oxygen atoms in total. The van der Waals surface area contributed by atoms with Gasteiger partial charge in [-0.15, -0.1) is 0 Å². The third-order valence-corrected chi connectivity index (χ3v) is 5.09. The normalized spacial score (nSPS) is 15.0. The molecule has 26 heavy (non-hydrogen) atoms. The molecule has 0 saturated carbocycles. The maximum absolute atomic E-state index is 12.3. The molecule has 2 aromatic rings. The van der Waals surface area contributed by atoms with E-state index in [2.05, 4.69) is 36.2 Å². The maximum Gasteiger partial charge on any atom is 0.279 e. The van der Waals surface area contributed by atoms with Gasteiger partial charge in [0.1, 0.15) is 5.75 Å². The lowest BCUT2D eigenvalue weighted by molar-refractivity contribution is -0.892. The van der Waals surface area contributed by atoms with Gasteiger partial charge in [-0.1, -0.05) is 12.1 Å². The predicted molar refractivity (Wildman–Crippen MR) is 105 cm³/mol. The number of anilines is 2. The van der Waals surface area contributed by atoms with E-state index >= 15 is 0 Å². The number of amides is 1. The minimum absolute atomic E-state index is 0.0816. The van der Waals surface area contributed by atoms with Gasteiger partial charge >= 0.3 is 0 Å². The molecule has 0 unspecified atom stereocenters. The molecule has 2 N–H and O–H groups in total. The number of hydrogen-bond acceptors (Lipinski definition) is 3. The first-order chi connectivity index (χ1) is 12.5. The summed E-state index contributed by atoms with van der Waals surface area (Å²) >= 11 is 0. The number of methoxy groups -OCH3 is 1. The zero-order valence-corrected chi connectivity index (χ0v) is 15.8. The summed E-state index contributed by atoms with van der Waals surface area (Å²) in [6.45, 7) is 8.45. The number of nitrogens with one attached hydrogen (secondary N) is 2. The lowest BCUT2D eigenvalue weighted by atomic mass is 10.1. The van der Waals surface area contributed by atoms with Crippen LogP contribution in [0.4, 0.5) is 11.4 Å². The molecule has 0 radical (unpaired) electrons. The summed E-state index contributed by atoms with van der Waals surface area (Å²) in [6.07, 6.45) is 0. The fourth-order valence-corrected chi connectivity index (χ4v) is 3.32. The summed E-state index contributed by atoms with van der Waals surface area (Å²) in [5, 5.41) is 3.03. The molecule has 1 aliphatic rings. The number of quaternary nitrogens is 1. The number of hydrogen-bond donors (Lipinski definition) is 2. The van der Waals surface area contributed by atoms with Crippen molar-refractivity contribution < 1.29 is 14.4 Å². The Hall–Kier alpha value is -2.53. The molecule has 0 atom stereocenters. The Kier molecular flexibility index (Phi) is 5.78. The van der Waals surface area contributed by atoms with E-state index in [9.17, 15) is 4.79 Å². The average Bonchev–Trinajstić information content (AvgIpc) is 2.65. The van der Waals surface area contributed by atoms with Gasteiger partial charge in [-0.2, -0.15) is 0 Å². The third-order valence-electron chi connectivity index (χ3n) is 5.09. The lowest BCUT2D eigenvalue weighted by Gasteiger charge is -2.33. The molecule has 5 heteroatoms. The van der Waals surface area contributed by atoms with E-state index in [1.54, 1.807) is 7.11 Å².